The van der Waals surface area contributed by atoms with Crippen molar-refractivity contribution < 1.29 is 19.2 Å². The molecular weight excluding hydrogens is 424 g/mol. The molecule has 0 unspecified atom stereocenters. The molecule has 0 atom stereocenters. The van der Waals surface area contributed by atoms with Crippen molar-refractivity contribution in [2.75, 3.05) is 10.2 Å². The maximum absolute atomic E-state index is 11.7. The zero-order valence-corrected chi connectivity index (χ0v) is 17.0. The number of fused-ring (bicyclic) bond motifs is 1. The Balaban J connectivity index is 1.48. The number of carbonyl (C=O) groups excluding carboxylic acids is 1. The quantitative estimate of drug-likeness (QED) is 0.402. The number of anilines is 2. The van der Waals surface area contributed by atoms with E-state index < -0.39 is 11.7 Å². The molecule has 3 N–H and O–H groups in total. The number of nitrogens with one attached hydrogen (secondary N) is 2. The molecular formula is C24H16N4O5. The lowest BCUT2D eigenvalue weighted by atomic mass is 9.98. The summed E-state index contributed by atoms with van der Waals surface area (Å²) in [5.74, 6) is 0.636. The van der Waals surface area contributed by atoms with Crippen molar-refractivity contribution in [3.63, 3.8) is 0 Å². The monoisotopic (exact) mass is 440 g/mol. The SMILES string of the molecule is O=C=C1Nc2cccc(C(=O)O)c2N1Cc1ccc(-c2ccccc2-c2noc(=O)[nH]2)cc1. The third-order valence-corrected chi connectivity index (χ3v) is 5.38. The minimum absolute atomic E-state index is 0.0948. The minimum atomic E-state index is -1.08. The second kappa shape index (κ2) is 7.99. The molecule has 5 rings (SSSR count). The molecule has 0 amide bonds. The molecule has 1 aromatic heterocycles. The van der Waals surface area contributed by atoms with Gasteiger partial charge in [-0.1, -0.05) is 59.8 Å². The number of nitrogens with zero attached hydrogens (tertiary/aromatic N) is 2. The molecule has 2 heterocycles. The number of rotatable bonds is 5. The van der Waals surface area contributed by atoms with Crippen LogP contribution in [0.4, 0.5) is 11.4 Å². The largest absolute Gasteiger partial charge is 0.478 e. The maximum atomic E-state index is 11.7. The van der Waals surface area contributed by atoms with Crippen LogP contribution in [0.3, 0.4) is 0 Å². The second-order valence-corrected chi connectivity index (χ2v) is 7.35. The van der Waals surface area contributed by atoms with Crippen LogP contribution >= 0.6 is 0 Å². The van der Waals surface area contributed by atoms with Crippen molar-refractivity contribution in [3.05, 3.63) is 94.2 Å². The first-order chi connectivity index (χ1) is 16.0. The number of H-pyrrole nitrogens is 1. The molecule has 0 bridgehead atoms. The molecule has 0 spiro atoms. The van der Waals surface area contributed by atoms with E-state index >= 15 is 0 Å². The van der Waals surface area contributed by atoms with Gasteiger partial charge in [-0.3, -0.25) is 9.51 Å². The van der Waals surface area contributed by atoms with Crippen molar-refractivity contribution in [1.29, 1.82) is 0 Å². The fraction of sp³-hybridized carbons (Fsp3) is 0.0417. The second-order valence-electron chi connectivity index (χ2n) is 7.35. The normalized spacial score (nSPS) is 12.2. The van der Waals surface area contributed by atoms with Crippen LogP contribution in [0.15, 0.2) is 81.9 Å². The van der Waals surface area contributed by atoms with Gasteiger partial charge < -0.3 is 15.3 Å². The fourth-order valence-electron chi connectivity index (χ4n) is 3.91. The van der Waals surface area contributed by atoms with Crippen LogP contribution in [0.25, 0.3) is 22.5 Å². The Kier molecular flexibility index (Phi) is 4.85. The van der Waals surface area contributed by atoms with E-state index in [9.17, 15) is 19.5 Å². The van der Waals surface area contributed by atoms with E-state index in [1.165, 1.54) is 6.07 Å². The number of benzene rings is 3. The highest BCUT2D eigenvalue weighted by Crippen LogP contribution is 2.40. The fourth-order valence-corrected chi connectivity index (χ4v) is 3.91. The van der Waals surface area contributed by atoms with Gasteiger partial charge in [0.25, 0.3) is 0 Å². The smallest absolute Gasteiger partial charge is 0.439 e. The van der Waals surface area contributed by atoms with Crippen molar-refractivity contribution in [1.82, 2.24) is 10.1 Å². The summed E-state index contributed by atoms with van der Waals surface area (Å²) in [6, 6.07) is 19.9. The highest BCUT2D eigenvalue weighted by Gasteiger charge is 2.29. The average molecular weight is 440 g/mol. The number of aromatic carboxylic acids is 1. The van der Waals surface area contributed by atoms with E-state index in [0.717, 1.165) is 16.7 Å². The van der Waals surface area contributed by atoms with Gasteiger partial charge in [0.1, 0.15) is 0 Å². The molecule has 9 heteroatoms. The van der Waals surface area contributed by atoms with Crippen molar-refractivity contribution in [3.8, 4) is 22.5 Å². The van der Waals surface area contributed by atoms with Crippen LogP contribution in [0.2, 0.25) is 0 Å². The Hall–Kier alpha value is -4.88. The van der Waals surface area contributed by atoms with Crippen LogP contribution in [-0.2, 0) is 11.3 Å². The third-order valence-electron chi connectivity index (χ3n) is 5.38. The van der Waals surface area contributed by atoms with E-state index in [1.807, 2.05) is 54.5 Å². The lowest BCUT2D eigenvalue weighted by Crippen LogP contribution is -2.22. The van der Waals surface area contributed by atoms with Gasteiger partial charge in [0.15, 0.2) is 17.6 Å². The van der Waals surface area contributed by atoms with Gasteiger partial charge in [-0.05, 0) is 28.8 Å². The number of aromatic amines is 1. The van der Waals surface area contributed by atoms with Crippen molar-refractivity contribution in [2.24, 2.45) is 0 Å². The summed E-state index contributed by atoms with van der Waals surface area (Å²) in [6.07, 6.45) is 0. The van der Waals surface area contributed by atoms with Gasteiger partial charge in [-0.2, -0.15) is 0 Å². The molecule has 4 aromatic rings. The summed E-state index contributed by atoms with van der Waals surface area (Å²) >= 11 is 0. The number of aromatic nitrogens is 2. The molecule has 0 saturated heterocycles. The lowest BCUT2D eigenvalue weighted by Gasteiger charge is -2.19. The highest BCUT2D eigenvalue weighted by atomic mass is 16.5. The van der Waals surface area contributed by atoms with E-state index in [2.05, 4.69) is 20.0 Å². The molecule has 0 aliphatic carbocycles. The number of carboxylic acids is 1. The molecule has 33 heavy (non-hydrogen) atoms. The Labute approximate surface area is 186 Å². The topological polar surface area (TPSA) is 129 Å². The van der Waals surface area contributed by atoms with Crippen LogP contribution in [-0.4, -0.2) is 27.2 Å². The summed E-state index contributed by atoms with van der Waals surface area (Å²) in [4.78, 5) is 38.8. The van der Waals surface area contributed by atoms with Gasteiger partial charge in [-0.25, -0.2) is 14.4 Å². The Bertz CT molecular complexity index is 1480. The maximum Gasteiger partial charge on any atom is 0.439 e. The first kappa shape index (κ1) is 20.0. The van der Waals surface area contributed by atoms with Gasteiger partial charge in [0, 0.05) is 5.56 Å². The first-order valence-electron chi connectivity index (χ1n) is 9.96. The van der Waals surface area contributed by atoms with Gasteiger partial charge in [-0.15, -0.1) is 0 Å². The predicted molar refractivity (Wildman–Crippen MR) is 120 cm³/mol. The predicted octanol–water partition coefficient (Wildman–Crippen LogP) is 3.50. The van der Waals surface area contributed by atoms with E-state index in [1.54, 1.807) is 17.0 Å². The Morgan fingerprint density at radius 2 is 1.79 bits per heavy atom. The summed E-state index contributed by atoms with van der Waals surface area (Å²) in [5.41, 5.74) is 4.37. The van der Waals surface area contributed by atoms with Crippen LogP contribution in [0.1, 0.15) is 15.9 Å². The molecule has 0 radical (unpaired) electrons. The summed E-state index contributed by atoms with van der Waals surface area (Å²) in [7, 11) is 0. The van der Waals surface area contributed by atoms with Gasteiger partial charge in [0.2, 0.25) is 0 Å². The van der Waals surface area contributed by atoms with Gasteiger partial charge in [0.05, 0.1) is 23.5 Å². The molecule has 1 aliphatic rings. The molecule has 162 valence electrons. The first-order valence-corrected chi connectivity index (χ1v) is 9.96. The standard InChI is InChI=1S/C24H16N4O5/c29-13-20-25-19-7-3-6-18(23(30)31)21(19)28(20)12-14-8-10-15(11-9-14)16-4-1-2-5-17(16)22-26-24(32)33-27-22/h1-11,25H,12H2,(H,30,31)(H,26,27,32). The van der Waals surface area contributed by atoms with E-state index in [-0.39, 0.29) is 17.9 Å². The third kappa shape index (κ3) is 3.58. The number of carboxylic acid groups (broad SMARTS) is 1. The zero-order valence-electron chi connectivity index (χ0n) is 17.0. The molecule has 1 aliphatic heterocycles. The average Bonchev–Trinajstić information content (AvgIpc) is 3.43. The summed E-state index contributed by atoms with van der Waals surface area (Å²) in [6.45, 7) is 0.271. The lowest BCUT2D eigenvalue weighted by molar-refractivity contribution is 0.0697. The van der Waals surface area contributed by atoms with E-state index in [4.69, 9.17) is 0 Å². The Morgan fingerprint density at radius 1 is 1.03 bits per heavy atom. The zero-order chi connectivity index (χ0) is 22.9. The number of carbonyl (C=O) groups is 1. The number of hydrogen-bond acceptors (Lipinski definition) is 7. The summed E-state index contributed by atoms with van der Waals surface area (Å²) in [5, 5.41) is 16.3. The minimum Gasteiger partial charge on any atom is -0.478 e. The van der Waals surface area contributed by atoms with E-state index in [0.29, 0.717) is 22.8 Å². The van der Waals surface area contributed by atoms with Gasteiger partial charge >= 0.3 is 11.7 Å². The van der Waals surface area contributed by atoms with Crippen LogP contribution in [0.5, 0.6) is 0 Å². The molecule has 9 nitrogen and oxygen atoms in total. The highest BCUT2D eigenvalue weighted by molar-refractivity contribution is 6.02. The molecule has 0 fully saturated rings. The van der Waals surface area contributed by atoms with Crippen molar-refractivity contribution >= 4 is 23.3 Å². The molecule has 3 aromatic carbocycles. The van der Waals surface area contributed by atoms with Crippen LogP contribution < -0.4 is 16.0 Å². The van der Waals surface area contributed by atoms with Crippen LogP contribution in [0, 0.1) is 0 Å². The summed E-state index contributed by atoms with van der Waals surface area (Å²) < 4.78 is 4.63. The Morgan fingerprint density at radius 3 is 2.45 bits per heavy atom. The van der Waals surface area contributed by atoms with Crippen molar-refractivity contribution in [2.45, 2.75) is 6.54 Å². The molecule has 0 saturated carbocycles. The number of hydrogen-bond donors (Lipinski definition) is 3. The number of para-hydroxylation sites is 1.